The largest absolute Gasteiger partial charge is 0.342 e. The normalized spacial score (nSPS) is 25.6. The fraction of sp³-hybridized carbons (Fsp3) is 0.588. The average Bonchev–Trinajstić information content (AvgIpc) is 3.37. The zero-order chi connectivity index (χ0) is 13.8. The van der Waals surface area contributed by atoms with Crippen molar-refractivity contribution < 1.29 is 4.79 Å². The second-order valence-corrected chi connectivity index (χ2v) is 6.82. The smallest absolute Gasteiger partial charge is 0.233 e. The number of carbonyl (C=O) groups is 1. The predicted octanol–water partition coefficient (Wildman–Crippen LogP) is 2.29. The Morgan fingerprint density at radius 3 is 2.30 bits per heavy atom. The van der Waals surface area contributed by atoms with Gasteiger partial charge < -0.3 is 10.6 Å². The van der Waals surface area contributed by atoms with Crippen molar-refractivity contribution in [3.63, 3.8) is 0 Å². The summed E-state index contributed by atoms with van der Waals surface area (Å²) < 4.78 is 0. The summed E-state index contributed by atoms with van der Waals surface area (Å²) in [6.07, 6.45) is 6.47. The quantitative estimate of drug-likeness (QED) is 0.916. The van der Waals surface area contributed by atoms with Gasteiger partial charge in [0.05, 0.1) is 5.41 Å². The third kappa shape index (κ3) is 1.80. The summed E-state index contributed by atoms with van der Waals surface area (Å²) in [5.74, 6) is 0.356. The zero-order valence-electron chi connectivity index (χ0n) is 11.9. The van der Waals surface area contributed by atoms with Crippen molar-refractivity contribution in [3.8, 4) is 0 Å². The molecule has 3 heteroatoms. The van der Waals surface area contributed by atoms with Crippen molar-refractivity contribution in [1.82, 2.24) is 4.90 Å². The molecule has 3 aliphatic rings. The number of rotatable bonds is 3. The van der Waals surface area contributed by atoms with Gasteiger partial charge in [0.25, 0.3) is 0 Å². The number of nitrogens with two attached hydrogens (primary N) is 1. The highest BCUT2D eigenvalue weighted by Crippen LogP contribution is 2.51. The Morgan fingerprint density at radius 1 is 1.05 bits per heavy atom. The van der Waals surface area contributed by atoms with E-state index in [-0.39, 0.29) is 11.0 Å². The molecular formula is C17H22N2O. The molecule has 1 aromatic carbocycles. The van der Waals surface area contributed by atoms with Gasteiger partial charge in [-0.05, 0) is 49.7 Å². The van der Waals surface area contributed by atoms with E-state index in [1.54, 1.807) is 0 Å². The molecule has 1 amide bonds. The maximum Gasteiger partial charge on any atom is 0.233 e. The topological polar surface area (TPSA) is 46.3 Å². The average molecular weight is 270 g/mol. The number of amides is 1. The maximum absolute atomic E-state index is 12.8. The van der Waals surface area contributed by atoms with E-state index in [1.165, 1.54) is 11.1 Å². The van der Waals surface area contributed by atoms with Crippen LogP contribution in [0, 0.1) is 0 Å². The number of likely N-dealkylation sites (tertiary alicyclic amines) is 1. The Balaban J connectivity index is 1.64. The highest BCUT2D eigenvalue weighted by atomic mass is 16.2. The second-order valence-electron chi connectivity index (χ2n) is 6.82. The van der Waals surface area contributed by atoms with Crippen LogP contribution in [0.1, 0.15) is 49.7 Å². The van der Waals surface area contributed by atoms with Crippen molar-refractivity contribution in [2.45, 2.75) is 49.5 Å². The lowest BCUT2D eigenvalue weighted by atomic mass is 9.91. The van der Waals surface area contributed by atoms with Crippen molar-refractivity contribution in [2.75, 3.05) is 13.1 Å². The lowest BCUT2D eigenvalue weighted by molar-refractivity contribution is -0.132. The standard InChI is InChI=1S/C17H22N2O/c18-17(8-9-17)14-5-3-4-13(12-14)16(6-7-16)15(20)19-10-1-2-11-19/h3-5,12H,1-2,6-11,18H2. The first kappa shape index (κ1) is 12.4. The van der Waals surface area contributed by atoms with Gasteiger partial charge in [-0.1, -0.05) is 24.3 Å². The fourth-order valence-electron chi connectivity index (χ4n) is 3.52. The van der Waals surface area contributed by atoms with Crippen LogP contribution in [0.2, 0.25) is 0 Å². The van der Waals surface area contributed by atoms with Crippen LogP contribution in [0.4, 0.5) is 0 Å². The predicted molar refractivity (Wildman–Crippen MR) is 78.3 cm³/mol. The van der Waals surface area contributed by atoms with Gasteiger partial charge in [-0.25, -0.2) is 0 Å². The van der Waals surface area contributed by atoms with E-state index in [0.29, 0.717) is 5.91 Å². The third-order valence-corrected chi connectivity index (χ3v) is 5.33. The van der Waals surface area contributed by atoms with Crippen LogP contribution in [0.5, 0.6) is 0 Å². The molecule has 2 N–H and O–H groups in total. The number of hydrogen-bond donors (Lipinski definition) is 1. The van der Waals surface area contributed by atoms with Gasteiger partial charge in [0, 0.05) is 18.6 Å². The minimum Gasteiger partial charge on any atom is -0.342 e. The summed E-state index contributed by atoms with van der Waals surface area (Å²) in [7, 11) is 0. The van der Waals surface area contributed by atoms with Crippen molar-refractivity contribution in [2.24, 2.45) is 5.73 Å². The highest BCUT2D eigenvalue weighted by molar-refractivity contribution is 5.91. The zero-order valence-corrected chi connectivity index (χ0v) is 11.9. The molecule has 0 spiro atoms. The molecule has 2 aliphatic carbocycles. The van der Waals surface area contributed by atoms with Crippen LogP contribution >= 0.6 is 0 Å². The van der Waals surface area contributed by atoms with Gasteiger partial charge in [-0.15, -0.1) is 0 Å². The SMILES string of the molecule is NC1(c2cccc(C3(C(=O)N4CCCC4)CC3)c2)CC1. The van der Waals surface area contributed by atoms with E-state index in [1.807, 2.05) is 0 Å². The minimum absolute atomic E-state index is 0.108. The first-order valence-electron chi connectivity index (χ1n) is 7.83. The summed E-state index contributed by atoms with van der Waals surface area (Å²) in [6.45, 7) is 1.89. The van der Waals surface area contributed by atoms with Crippen LogP contribution in [0.25, 0.3) is 0 Å². The van der Waals surface area contributed by atoms with Crippen LogP contribution in [-0.4, -0.2) is 23.9 Å². The van der Waals surface area contributed by atoms with E-state index in [9.17, 15) is 4.79 Å². The molecule has 0 unspecified atom stereocenters. The lowest BCUT2D eigenvalue weighted by Gasteiger charge is -2.24. The first-order chi connectivity index (χ1) is 9.64. The lowest BCUT2D eigenvalue weighted by Crippen LogP contribution is -2.37. The summed E-state index contributed by atoms with van der Waals surface area (Å²) in [5.41, 5.74) is 8.39. The van der Waals surface area contributed by atoms with Crippen molar-refractivity contribution in [3.05, 3.63) is 35.4 Å². The van der Waals surface area contributed by atoms with Crippen LogP contribution in [0.15, 0.2) is 24.3 Å². The number of hydrogen-bond acceptors (Lipinski definition) is 2. The molecule has 1 aliphatic heterocycles. The first-order valence-corrected chi connectivity index (χ1v) is 7.83. The Morgan fingerprint density at radius 2 is 1.70 bits per heavy atom. The molecule has 3 fully saturated rings. The Hall–Kier alpha value is -1.35. The number of nitrogens with zero attached hydrogens (tertiary/aromatic N) is 1. The second kappa shape index (κ2) is 4.08. The van der Waals surface area contributed by atoms with Crippen LogP contribution in [0.3, 0.4) is 0 Å². The van der Waals surface area contributed by atoms with E-state index in [2.05, 4.69) is 29.2 Å². The number of carbonyl (C=O) groups excluding carboxylic acids is 1. The monoisotopic (exact) mass is 270 g/mol. The number of benzene rings is 1. The van der Waals surface area contributed by atoms with Gasteiger partial charge in [0.15, 0.2) is 0 Å². The molecule has 1 heterocycles. The maximum atomic E-state index is 12.8. The molecule has 0 bridgehead atoms. The van der Waals surface area contributed by atoms with Gasteiger partial charge in [0.1, 0.15) is 0 Å². The fourth-order valence-corrected chi connectivity index (χ4v) is 3.52. The van der Waals surface area contributed by atoms with Gasteiger partial charge in [-0.3, -0.25) is 4.79 Å². The molecule has 4 rings (SSSR count). The Kier molecular flexibility index (Phi) is 2.53. The Bertz CT molecular complexity index is 552. The highest BCUT2D eigenvalue weighted by Gasteiger charge is 2.53. The van der Waals surface area contributed by atoms with E-state index in [4.69, 9.17) is 5.73 Å². The van der Waals surface area contributed by atoms with Crippen molar-refractivity contribution in [1.29, 1.82) is 0 Å². The van der Waals surface area contributed by atoms with Gasteiger partial charge >= 0.3 is 0 Å². The molecule has 106 valence electrons. The summed E-state index contributed by atoms with van der Waals surface area (Å²) in [6, 6.07) is 8.52. The van der Waals surface area contributed by atoms with E-state index in [0.717, 1.165) is 51.6 Å². The summed E-state index contributed by atoms with van der Waals surface area (Å²) >= 11 is 0. The molecule has 1 aromatic rings. The molecule has 20 heavy (non-hydrogen) atoms. The molecular weight excluding hydrogens is 248 g/mol. The summed E-state index contributed by atoms with van der Waals surface area (Å²) in [5, 5.41) is 0. The molecule has 1 saturated heterocycles. The van der Waals surface area contributed by atoms with E-state index < -0.39 is 0 Å². The minimum atomic E-state index is -0.217. The molecule has 2 saturated carbocycles. The molecule has 3 nitrogen and oxygen atoms in total. The third-order valence-electron chi connectivity index (χ3n) is 5.33. The molecule has 0 radical (unpaired) electrons. The van der Waals surface area contributed by atoms with Crippen molar-refractivity contribution >= 4 is 5.91 Å². The van der Waals surface area contributed by atoms with Gasteiger partial charge in [0.2, 0.25) is 5.91 Å². The molecule has 0 atom stereocenters. The summed E-state index contributed by atoms with van der Waals surface area (Å²) in [4.78, 5) is 14.9. The van der Waals surface area contributed by atoms with Crippen LogP contribution in [-0.2, 0) is 15.7 Å². The molecule has 0 aromatic heterocycles. The van der Waals surface area contributed by atoms with E-state index >= 15 is 0 Å². The Labute approximate surface area is 120 Å². The van der Waals surface area contributed by atoms with Gasteiger partial charge in [-0.2, -0.15) is 0 Å². The van der Waals surface area contributed by atoms with Crippen LogP contribution < -0.4 is 5.73 Å².